The predicted octanol–water partition coefficient (Wildman–Crippen LogP) is 4.88. The highest BCUT2D eigenvalue weighted by atomic mass is 32.2. The fourth-order valence-corrected chi connectivity index (χ4v) is 4.36. The van der Waals surface area contributed by atoms with E-state index in [1.807, 2.05) is 43.3 Å². The second-order valence-corrected chi connectivity index (χ2v) is 7.78. The number of thioether (sulfide) groups is 1. The van der Waals surface area contributed by atoms with E-state index in [1.54, 1.807) is 26.0 Å². The maximum absolute atomic E-state index is 5.65. The summed E-state index contributed by atoms with van der Waals surface area (Å²) in [5.74, 6) is 1.61. The fourth-order valence-electron chi connectivity index (χ4n) is 3.36. The van der Waals surface area contributed by atoms with Crippen molar-refractivity contribution < 1.29 is 14.2 Å². The van der Waals surface area contributed by atoms with Gasteiger partial charge in [-0.05, 0) is 55.1 Å². The normalized spacial score (nSPS) is 14.8. The molecule has 0 fully saturated rings. The van der Waals surface area contributed by atoms with Crippen molar-refractivity contribution in [2.24, 2.45) is 4.99 Å². The maximum Gasteiger partial charge on any atom is 0.171 e. The van der Waals surface area contributed by atoms with E-state index in [0.29, 0.717) is 13.2 Å². The second kappa shape index (κ2) is 9.36. The van der Waals surface area contributed by atoms with E-state index in [4.69, 9.17) is 24.2 Å². The zero-order chi connectivity index (χ0) is 20.9. The molecule has 0 spiro atoms. The summed E-state index contributed by atoms with van der Waals surface area (Å²) in [5, 5.41) is 2.95. The number of pyridine rings is 1. The van der Waals surface area contributed by atoms with Crippen molar-refractivity contribution in [2.75, 3.05) is 34.0 Å². The van der Waals surface area contributed by atoms with E-state index in [2.05, 4.69) is 17.0 Å². The van der Waals surface area contributed by atoms with Gasteiger partial charge in [0.25, 0.3) is 0 Å². The average molecular weight is 424 g/mol. The van der Waals surface area contributed by atoms with Crippen molar-refractivity contribution in [2.45, 2.75) is 18.5 Å². The molecule has 6 nitrogen and oxygen atoms in total. The predicted molar refractivity (Wildman–Crippen MR) is 121 cm³/mol. The summed E-state index contributed by atoms with van der Waals surface area (Å²) >= 11 is 1.58. The van der Waals surface area contributed by atoms with E-state index in [1.165, 1.54) is 5.56 Å². The Balaban J connectivity index is 1.73. The molecule has 0 N–H and O–H groups in total. The van der Waals surface area contributed by atoms with Crippen molar-refractivity contribution in [3.63, 3.8) is 0 Å². The zero-order valence-electron chi connectivity index (χ0n) is 17.4. The van der Waals surface area contributed by atoms with Gasteiger partial charge in [0, 0.05) is 31.1 Å². The smallest absolute Gasteiger partial charge is 0.171 e. The van der Waals surface area contributed by atoms with E-state index >= 15 is 0 Å². The number of rotatable bonds is 7. The third-order valence-electron chi connectivity index (χ3n) is 4.82. The molecule has 0 aliphatic carbocycles. The van der Waals surface area contributed by atoms with Gasteiger partial charge >= 0.3 is 0 Å². The van der Waals surface area contributed by atoms with Crippen LogP contribution in [-0.2, 0) is 11.3 Å². The summed E-state index contributed by atoms with van der Waals surface area (Å²) in [6.07, 6.45) is 0. The van der Waals surface area contributed by atoms with Gasteiger partial charge in [-0.15, -0.1) is 0 Å². The largest absolute Gasteiger partial charge is 0.494 e. The molecule has 0 atom stereocenters. The van der Waals surface area contributed by atoms with E-state index in [0.717, 1.165) is 51.4 Å². The number of nitrogens with zero attached hydrogens (tertiary/aromatic N) is 3. The number of methoxy groups -OCH3 is 2. The highest BCUT2D eigenvalue weighted by molar-refractivity contribution is 8.13. The molecular formula is C23H25N3O3S. The van der Waals surface area contributed by atoms with Crippen molar-refractivity contribution in [1.29, 1.82) is 0 Å². The molecule has 3 aromatic rings. The van der Waals surface area contributed by atoms with Crippen LogP contribution in [0.4, 0.5) is 5.69 Å². The molecule has 0 bridgehead atoms. The van der Waals surface area contributed by atoms with Gasteiger partial charge in [0.1, 0.15) is 22.2 Å². The number of ether oxygens (including phenoxy) is 3. The Hall–Kier alpha value is -2.77. The summed E-state index contributed by atoms with van der Waals surface area (Å²) < 4.78 is 16.4. The number of para-hydroxylation sites is 2. The zero-order valence-corrected chi connectivity index (χ0v) is 18.2. The SMILES string of the molecule is CCOc1ccc2nc3c(cc2c1)CN(CCOC)C(=Nc1ccccc1OC)S3. The molecule has 0 unspecified atom stereocenters. The minimum absolute atomic E-state index is 0.621. The van der Waals surface area contributed by atoms with Crippen LogP contribution in [0.2, 0.25) is 0 Å². The number of fused-ring (bicyclic) bond motifs is 2. The van der Waals surface area contributed by atoms with Crippen LogP contribution in [0.5, 0.6) is 11.5 Å². The second-order valence-electron chi connectivity index (χ2n) is 6.82. The summed E-state index contributed by atoms with van der Waals surface area (Å²) in [5.41, 5.74) is 2.93. The molecule has 156 valence electrons. The average Bonchev–Trinajstić information content (AvgIpc) is 2.77. The van der Waals surface area contributed by atoms with Gasteiger partial charge < -0.3 is 19.1 Å². The number of amidine groups is 1. The molecule has 0 radical (unpaired) electrons. The highest BCUT2D eigenvalue weighted by Gasteiger charge is 2.24. The topological polar surface area (TPSA) is 56.2 Å². The van der Waals surface area contributed by atoms with Crippen LogP contribution in [0.3, 0.4) is 0 Å². The van der Waals surface area contributed by atoms with Crippen LogP contribution in [-0.4, -0.2) is 49.0 Å². The first-order valence-corrected chi connectivity index (χ1v) is 10.7. The number of hydrogen-bond acceptors (Lipinski definition) is 6. The van der Waals surface area contributed by atoms with Crippen LogP contribution in [0, 0.1) is 0 Å². The molecule has 0 saturated heterocycles. The van der Waals surface area contributed by atoms with E-state index < -0.39 is 0 Å². The van der Waals surface area contributed by atoms with Crippen LogP contribution in [0.1, 0.15) is 12.5 Å². The Labute approximate surface area is 180 Å². The third kappa shape index (κ3) is 4.37. The standard InChI is InChI=1S/C23H25N3O3S/c1-4-29-18-9-10-19-16(14-18)13-17-15-26(11-12-27-2)23(30-22(17)24-19)25-20-7-5-6-8-21(20)28-3/h5-10,13-14H,4,11-12,15H2,1-3H3. The van der Waals surface area contributed by atoms with Crippen LogP contribution in [0.25, 0.3) is 10.9 Å². The lowest BCUT2D eigenvalue weighted by molar-refractivity contribution is 0.174. The Morgan fingerprint density at radius 2 is 2.00 bits per heavy atom. The van der Waals surface area contributed by atoms with Gasteiger partial charge in [0.2, 0.25) is 0 Å². The van der Waals surface area contributed by atoms with Gasteiger partial charge in [-0.3, -0.25) is 0 Å². The summed E-state index contributed by atoms with van der Waals surface area (Å²) in [6, 6.07) is 16.0. The lowest BCUT2D eigenvalue weighted by Gasteiger charge is -2.30. The Morgan fingerprint density at radius 3 is 2.80 bits per heavy atom. The lowest BCUT2D eigenvalue weighted by atomic mass is 10.1. The molecule has 1 aromatic heterocycles. The Morgan fingerprint density at radius 1 is 1.13 bits per heavy atom. The molecule has 30 heavy (non-hydrogen) atoms. The lowest BCUT2D eigenvalue weighted by Crippen LogP contribution is -2.34. The third-order valence-corrected chi connectivity index (χ3v) is 5.90. The quantitative estimate of drug-likeness (QED) is 0.540. The van der Waals surface area contributed by atoms with E-state index in [-0.39, 0.29) is 0 Å². The van der Waals surface area contributed by atoms with Crippen molar-refractivity contribution in [1.82, 2.24) is 9.88 Å². The molecule has 1 aliphatic heterocycles. The number of aliphatic imine (C=N–C) groups is 1. The summed E-state index contributed by atoms with van der Waals surface area (Å²) in [6.45, 7) is 4.72. The molecule has 7 heteroatoms. The molecule has 2 heterocycles. The number of aromatic nitrogens is 1. The van der Waals surface area contributed by atoms with Crippen LogP contribution >= 0.6 is 11.8 Å². The van der Waals surface area contributed by atoms with Gasteiger partial charge in [-0.1, -0.05) is 12.1 Å². The Kier molecular flexibility index (Phi) is 6.40. The molecule has 4 rings (SSSR count). The highest BCUT2D eigenvalue weighted by Crippen LogP contribution is 2.36. The van der Waals surface area contributed by atoms with E-state index in [9.17, 15) is 0 Å². The van der Waals surface area contributed by atoms with Crippen molar-refractivity contribution >= 4 is 33.5 Å². The van der Waals surface area contributed by atoms with Crippen LogP contribution in [0.15, 0.2) is 58.5 Å². The maximum atomic E-state index is 5.65. The first-order chi connectivity index (χ1) is 14.7. The first-order valence-electron chi connectivity index (χ1n) is 9.91. The Bertz CT molecular complexity index is 1070. The van der Waals surface area contributed by atoms with Gasteiger partial charge in [0.15, 0.2) is 5.17 Å². The first kappa shape index (κ1) is 20.5. The molecule has 2 aromatic carbocycles. The van der Waals surface area contributed by atoms with Gasteiger partial charge in [-0.2, -0.15) is 0 Å². The fraction of sp³-hybridized carbons (Fsp3) is 0.304. The molecule has 1 aliphatic rings. The van der Waals surface area contributed by atoms with Gasteiger partial charge in [0.05, 0.1) is 25.8 Å². The summed E-state index contributed by atoms with van der Waals surface area (Å²) in [7, 11) is 3.38. The minimum atomic E-state index is 0.621. The molecular weight excluding hydrogens is 398 g/mol. The van der Waals surface area contributed by atoms with Crippen molar-refractivity contribution in [3.8, 4) is 11.5 Å². The number of benzene rings is 2. The monoisotopic (exact) mass is 423 g/mol. The summed E-state index contributed by atoms with van der Waals surface area (Å²) in [4.78, 5) is 12.0. The molecule has 0 amide bonds. The molecule has 0 saturated carbocycles. The number of hydrogen-bond donors (Lipinski definition) is 0. The van der Waals surface area contributed by atoms with Crippen LogP contribution < -0.4 is 9.47 Å². The van der Waals surface area contributed by atoms with Crippen molar-refractivity contribution in [3.05, 3.63) is 54.1 Å². The van der Waals surface area contributed by atoms with Gasteiger partial charge in [-0.25, -0.2) is 9.98 Å². The minimum Gasteiger partial charge on any atom is -0.494 e.